The van der Waals surface area contributed by atoms with Crippen LogP contribution < -0.4 is 5.73 Å². The zero-order chi connectivity index (χ0) is 14.8. The Bertz CT molecular complexity index is 612. The lowest BCUT2D eigenvalue weighted by atomic mass is 9.80. The molecule has 0 unspecified atom stereocenters. The second-order valence-electron chi connectivity index (χ2n) is 6.15. The van der Waals surface area contributed by atoms with Crippen LogP contribution in [0.4, 0.5) is 5.69 Å². The fourth-order valence-corrected chi connectivity index (χ4v) is 3.12. The molecule has 21 heavy (non-hydrogen) atoms. The SMILES string of the molecule is CCC1CCC(c2noc(-c3ccc(C)c(N)c3)n2)CC1. The Morgan fingerprint density at radius 2 is 2.00 bits per heavy atom. The van der Waals surface area contributed by atoms with Crippen molar-refractivity contribution in [2.75, 3.05) is 5.73 Å². The first-order chi connectivity index (χ1) is 10.2. The molecule has 0 bridgehead atoms. The maximum atomic E-state index is 5.95. The molecule has 0 atom stereocenters. The summed E-state index contributed by atoms with van der Waals surface area (Å²) in [6.07, 6.45) is 6.19. The zero-order valence-corrected chi connectivity index (χ0v) is 12.8. The molecule has 4 heteroatoms. The number of aromatic nitrogens is 2. The van der Waals surface area contributed by atoms with Crippen molar-refractivity contribution in [1.82, 2.24) is 10.1 Å². The van der Waals surface area contributed by atoms with Crippen LogP contribution in [0.2, 0.25) is 0 Å². The zero-order valence-electron chi connectivity index (χ0n) is 12.8. The molecule has 2 N–H and O–H groups in total. The van der Waals surface area contributed by atoms with Crippen molar-refractivity contribution in [3.8, 4) is 11.5 Å². The third-order valence-corrected chi connectivity index (χ3v) is 4.76. The smallest absolute Gasteiger partial charge is 0.258 e. The molecule has 1 aromatic carbocycles. The summed E-state index contributed by atoms with van der Waals surface area (Å²) >= 11 is 0. The fourth-order valence-electron chi connectivity index (χ4n) is 3.12. The lowest BCUT2D eigenvalue weighted by Crippen LogP contribution is -2.13. The van der Waals surface area contributed by atoms with E-state index in [4.69, 9.17) is 10.3 Å². The van der Waals surface area contributed by atoms with Gasteiger partial charge in [-0.05, 0) is 56.2 Å². The van der Waals surface area contributed by atoms with Crippen LogP contribution in [0.3, 0.4) is 0 Å². The molecule has 1 aliphatic rings. The third-order valence-electron chi connectivity index (χ3n) is 4.76. The van der Waals surface area contributed by atoms with Gasteiger partial charge in [0.1, 0.15) is 0 Å². The van der Waals surface area contributed by atoms with Crippen molar-refractivity contribution in [3.63, 3.8) is 0 Å². The number of hydrogen-bond acceptors (Lipinski definition) is 4. The first kappa shape index (κ1) is 14.1. The molecule has 0 radical (unpaired) electrons. The summed E-state index contributed by atoms with van der Waals surface area (Å²) in [5.41, 5.74) is 8.68. The van der Waals surface area contributed by atoms with Gasteiger partial charge in [0.15, 0.2) is 5.82 Å². The van der Waals surface area contributed by atoms with Crippen molar-refractivity contribution in [2.24, 2.45) is 5.92 Å². The maximum Gasteiger partial charge on any atom is 0.258 e. The predicted molar refractivity (Wildman–Crippen MR) is 83.9 cm³/mol. The summed E-state index contributed by atoms with van der Waals surface area (Å²) in [6, 6.07) is 5.87. The Morgan fingerprint density at radius 1 is 1.24 bits per heavy atom. The highest BCUT2D eigenvalue weighted by Gasteiger charge is 2.25. The van der Waals surface area contributed by atoms with Gasteiger partial charge in [-0.3, -0.25) is 0 Å². The van der Waals surface area contributed by atoms with Crippen LogP contribution in [0.1, 0.15) is 56.3 Å². The average Bonchev–Trinajstić information content (AvgIpc) is 3.00. The molecule has 1 fully saturated rings. The summed E-state index contributed by atoms with van der Waals surface area (Å²) in [6.45, 7) is 4.27. The Balaban J connectivity index is 1.76. The van der Waals surface area contributed by atoms with E-state index in [2.05, 4.69) is 17.1 Å². The standard InChI is InChI=1S/C17H23N3O/c1-3-12-5-8-13(9-6-12)16-19-17(21-20-16)14-7-4-11(2)15(18)10-14/h4,7,10,12-13H,3,5-6,8-9,18H2,1-2H3. The van der Waals surface area contributed by atoms with E-state index >= 15 is 0 Å². The Kier molecular flexibility index (Phi) is 3.95. The van der Waals surface area contributed by atoms with Crippen molar-refractivity contribution >= 4 is 5.69 Å². The van der Waals surface area contributed by atoms with E-state index in [0.29, 0.717) is 11.8 Å². The van der Waals surface area contributed by atoms with Crippen LogP contribution in [0.15, 0.2) is 22.7 Å². The second kappa shape index (κ2) is 5.88. The molecule has 1 aromatic heterocycles. The third kappa shape index (κ3) is 2.94. The van der Waals surface area contributed by atoms with Crippen molar-refractivity contribution in [1.29, 1.82) is 0 Å². The van der Waals surface area contributed by atoms with Crippen molar-refractivity contribution < 1.29 is 4.52 Å². The minimum atomic E-state index is 0.452. The van der Waals surface area contributed by atoms with Gasteiger partial charge in [-0.25, -0.2) is 0 Å². The first-order valence-corrected chi connectivity index (χ1v) is 7.87. The van der Waals surface area contributed by atoms with E-state index in [-0.39, 0.29) is 0 Å². The maximum absolute atomic E-state index is 5.95. The molecule has 3 rings (SSSR count). The van der Waals surface area contributed by atoms with Gasteiger partial charge in [-0.1, -0.05) is 24.6 Å². The number of nitrogen functional groups attached to an aromatic ring is 1. The normalized spacial score (nSPS) is 22.4. The van der Waals surface area contributed by atoms with Crippen LogP contribution in [0.5, 0.6) is 0 Å². The molecular weight excluding hydrogens is 262 g/mol. The topological polar surface area (TPSA) is 64.9 Å². The Labute approximate surface area is 125 Å². The summed E-state index contributed by atoms with van der Waals surface area (Å²) < 4.78 is 5.44. The van der Waals surface area contributed by atoms with Crippen LogP contribution in [-0.2, 0) is 0 Å². The van der Waals surface area contributed by atoms with Gasteiger partial charge in [-0.15, -0.1) is 0 Å². The average molecular weight is 285 g/mol. The van der Waals surface area contributed by atoms with Crippen LogP contribution in [0, 0.1) is 12.8 Å². The van der Waals surface area contributed by atoms with Crippen molar-refractivity contribution in [3.05, 3.63) is 29.6 Å². The second-order valence-corrected chi connectivity index (χ2v) is 6.15. The molecule has 0 spiro atoms. The summed E-state index contributed by atoms with van der Waals surface area (Å²) in [5.74, 6) is 2.77. The summed E-state index contributed by atoms with van der Waals surface area (Å²) in [7, 11) is 0. The number of anilines is 1. The van der Waals surface area contributed by atoms with Crippen molar-refractivity contribution in [2.45, 2.75) is 51.9 Å². The van der Waals surface area contributed by atoms with Gasteiger partial charge in [0.2, 0.25) is 0 Å². The highest BCUT2D eigenvalue weighted by Crippen LogP contribution is 2.36. The molecule has 1 saturated carbocycles. The number of nitrogens with two attached hydrogens (primary N) is 1. The predicted octanol–water partition coefficient (Wildman–Crippen LogP) is 4.31. The molecular formula is C17H23N3O. The van der Waals surface area contributed by atoms with Crippen LogP contribution >= 0.6 is 0 Å². The largest absolute Gasteiger partial charge is 0.398 e. The van der Waals surface area contributed by atoms with Gasteiger partial charge in [0.25, 0.3) is 5.89 Å². The molecule has 2 aromatic rings. The molecule has 0 amide bonds. The van der Waals surface area contributed by atoms with E-state index in [9.17, 15) is 0 Å². The number of aryl methyl sites for hydroxylation is 1. The first-order valence-electron chi connectivity index (χ1n) is 7.87. The van der Waals surface area contributed by atoms with E-state index in [1.807, 2.05) is 25.1 Å². The van der Waals surface area contributed by atoms with E-state index in [0.717, 1.165) is 28.6 Å². The Morgan fingerprint density at radius 3 is 2.67 bits per heavy atom. The van der Waals surface area contributed by atoms with Crippen LogP contribution in [0.25, 0.3) is 11.5 Å². The molecule has 4 nitrogen and oxygen atoms in total. The molecule has 1 heterocycles. The quantitative estimate of drug-likeness (QED) is 0.853. The monoisotopic (exact) mass is 285 g/mol. The molecule has 0 aliphatic heterocycles. The number of nitrogens with zero attached hydrogens (tertiary/aromatic N) is 2. The van der Waals surface area contributed by atoms with Gasteiger partial charge >= 0.3 is 0 Å². The molecule has 1 aliphatic carbocycles. The molecule has 112 valence electrons. The minimum absolute atomic E-state index is 0.452. The fraction of sp³-hybridized carbons (Fsp3) is 0.529. The number of benzene rings is 1. The van der Waals surface area contributed by atoms with Gasteiger partial charge in [-0.2, -0.15) is 4.98 Å². The van der Waals surface area contributed by atoms with Crippen LogP contribution in [-0.4, -0.2) is 10.1 Å². The van der Waals surface area contributed by atoms with E-state index < -0.39 is 0 Å². The van der Waals surface area contributed by atoms with Gasteiger partial charge in [0, 0.05) is 17.2 Å². The Hall–Kier alpha value is -1.84. The van der Waals surface area contributed by atoms with Gasteiger partial charge in [0.05, 0.1) is 0 Å². The number of hydrogen-bond donors (Lipinski definition) is 1. The van der Waals surface area contributed by atoms with E-state index in [1.54, 1.807) is 0 Å². The summed E-state index contributed by atoms with van der Waals surface area (Å²) in [4.78, 5) is 4.59. The lowest BCUT2D eigenvalue weighted by Gasteiger charge is -2.25. The molecule has 0 saturated heterocycles. The number of rotatable bonds is 3. The summed E-state index contributed by atoms with van der Waals surface area (Å²) in [5, 5.41) is 4.19. The minimum Gasteiger partial charge on any atom is -0.398 e. The lowest BCUT2D eigenvalue weighted by molar-refractivity contribution is 0.305. The van der Waals surface area contributed by atoms with Gasteiger partial charge < -0.3 is 10.3 Å². The van der Waals surface area contributed by atoms with E-state index in [1.165, 1.54) is 32.1 Å². The highest BCUT2D eigenvalue weighted by molar-refractivity contribution is 5.62. The highest BCUT2D eigenvalue weighted by atomic mass is 16.5.